The number of ketones is 1. The van der Waals surface area contributed by atoms with Crippen LogP contribution in [0.2, 0.25) is 0 Å². The van der Waals surface area contributed by atoms with Crippen LogP contribution in [0.5, 0.6) is 0 Å². The number of amides is 2. The Bertz CT molecular complexity index is 699. The van der Waals surface area contributed by atoms with Crippen LogP contribution in [0.1, 0.15) is 18.4 Å². The summed E-state index contributed by atoms with van der Waals surface area (Å²) in [7, 11) is 0. The molecule has 3 fully saturated rings. The normalized spacial score (nSPS) is 34.0. The molecule has 4 nitrogen and oxygen atoms in total. The standard InChI is InChI=1S/C16H14BrNO3/c1-7-4-9(2-3-11(7)17)18-15(20)13-8-5-10(12(19)6-8)14(13)16(18)21/h2-4,8,10,13-14H,5-6H2,1H3/t8?,10?,13-,14+/m0/s1. The zero-order valence-electron chi connectivity index (χ0n) is 11.5. The van der Waals surface area contributed by atoms with Crippen molar-refractivity contribution in [1.82, 2.24) is 0 Å². The Hall–Kier alpha value is -1.49. The fourth-order valence-electron chi connectivity index (χ4n) is 4.22. The molecule has 108 valence electrons. The molecule has 0 N–H and O–H groups in total. The molecule has 2 saturated carbocycles. The van der Waals surface area contributed by atoms with E-state index < -0.39 is 5.92 Å². The third-order valence-corrected chi connectivity index (χ3v) is 6.06. The topological polar surface area (TPSA) is 54.5 Å². The summed E-state index contributed by atoms with van der Waals surface area (Å²) in [6.45, 7) is 1.92. The van der Waals surface area contributed by atoms with Gasteiger partial charge in [-0.3, -0.25) is 19.3 Å². The average Bonchev–Trinajstić information content (AvgIpc) is 3.05. The van der Waals surface area contributed by atoms with Crippen LogP contribution in [0.4, 0.5) is 5.69 Å². The molecular weight excluding hydrogens is 334 g/mol. The molecule has 2 unspecified atom stereocenters. The lowest BCUT2D eigenvalue weighted by Crippen LogP contribution is -2.33. The zero-order valence-corrected chi connectivity index (χ0v) is 13.1. The van der Waals surface area contributed by atoms with E-state index in [0.717, 1.165) is 16.5 Å². The average molecular weight is 348 g/mol. The molecule has 2 aliphatic carbocycles. The Balaban J connectivity index is 1.75. The SMILES string of the molecule is Cc1cc(N2C(=O)[C@@H]3C4CC(CC4=O)[C@@H]3C2=O)ccc1Br. The number of imide groups is 1. The molecule has 21 heavy (non-hydrogen) atoms. The Morgan fingerprint density at radius 3 is 2.57 bits per heavy atom. The van der Waals surface area contributed by atoms with Crippen molar-refractivity contribution < 1.29 is 14.4 Å². The van der Waals surface area contributed by atoms with Crippen LogP contribution < -0.4 is 4.90 Å². The lowest BCUT2D eigenvalue weighted by molar-refractivity contribution is -0.131. The van der Waals surface area contributed by atoms with Crippen LogP contribution in [-0.4, -0.2) is 17.6 Å². The summed E-state index contributed by atoms with van der Waals surface area (Å²) in [5, 5.41) is 0. The number of hydrogen-bond acceptors (Lipinski definition) is 3. The van der Waals surface area contributed by atoms with Gasteiger partial charge in [-0.25, -0.2) is 0 Å². The van der Waals surface area contributed by atoms with E-state index in [2.05, 4.69) is 15.9 Å². The van der Waals surface area contributed by atoms with E-state index in [0.29, 0.717) is 12.1 Å². The maximum Gasteiger partial charge on any atom is 0.238 e. The van der Waals surface area contributed by atoms with E-state index >= 15 is 0 Å². The maximum absolute atomic E-state index is 12.7. The van der Waals surface area contributed by atoms with Gasteiger partial charge in [0.25, 0.3) is 0 Å². The molecule has 2 amide bonds. The number of rotatable bonds is 1. The van der Waals surface area contributed by atoms with Crippen LogP contribution in [0.3, 0.4) is 0 Å². The molecule has 1 heterocycles. The summed E-state index contributed by atoms with van der Waals surface area (Å²) in [5.74, 6) is -0.976. The Morgan fingerprint density at radius 1 is 1.14 bits per heavy atom. The first-order chi connectivity index (χ1) is 9.99. The summed E-state index contributed by atoms with van der Waals surface area (Å²) in [6.07, 6.45) is 1.19. The van der Waals surface area contributed by atoms with Gasteiger partial charge in [0.15, 0.2) is 0 Å². The summed E-state index contributed by atoms with van der Waals surface area (Å²) in [5.41, 5.74) is 1.59. The number of carbonyl (C=O) groups excluding carboxylic acids is 3. The molecule has 5 heteroatoms. The molecule has 1 aliphatic heterocycles. The second-order valence-corrected chi connectivity index (χ2v) is 7.12. The van der Waals surface area contributed by atoms with E-state index in [1.165, 1.54) is 4.90 Å². The summed E-state index contributed by atoms with van der Waals surface area (Å²) in [6, 6.07) is 5.46. The summed E-state index contributed by atoms with van der Waals surface area (Å²) < 4.78 is 0.945. The number of benzene rings is 1. The predicted molar refractivity (Wildman–Crippen MR) is 79.6 cm³/mol. The van der Waals surface area contributed by atoms with E-state index in [9.17, 15) is 14.4 Å². The molecule has 2 bridgehead atoms. The number of carbonyl (C=O) groups is 3. The number of anilines is 1. The van der Waals surface area contributed by atoms with Gasteiger partial charge in [0.1, 0.15) is 5.78 Å². The molecule has 0 aromatic heterocycles. The Morgan fingerprint density at radius 2 is 1.86 bits per heavy atom. The van der Waals surface area contributed by atoms with Gasteiger partial charge in [-0.15, -0.1) is 0 Å². The van der Waals surface area contributed by atoms with E-state index in [-0.39, 0.29) is 35.4 Å². The Labute approximate surface area is 130 Å². The number of aryl methyl sites for hydroxylation is 1. The minimum Gasteiger partial charge on any atom is -0.299 e. The number of hydrogen-bond donors (Lipinski definition) is 0. The first-order valence-electron chi connectivity index (χ1n) is 7.15. The van der Waals surface area contributed by atoms with Crippen LogP contribution in [0.25, 0.3) is 0 Å². The van der Waals surface area contributed by atoms with Crippen molar-refractivity contribution in [3.63, 3.8) is 0 Å². The number of nitrogens with zero attached hydrogens (tertiary/aromatic N) is 1. The highest BCUT2D eigenvalue weighted by Crippen LogP contribution is 2.55. The van der Waals surface area contributed by atoms with Gasteiger partial charge in [-0.1, -0.05) is 15.9 Å². The molecule has 0 radical (unpaired) electrons. The predicted octanol–water partition coefficient (Wildman–Crippen LogP) is 2.47. The number of Topliss-reactive ketones (excluding diaryl/α,β-unsaturated/α-hetero) is 1. The molecule has 3 aliphatic rings. The summed E-state index contributed by atoms with van der Waals surface area (Å²) in [4.78, 5) is 38.5. The highest BCUT2D eigenvalue weighted by Gasteiger charge is 2.64. The largest absolute Gasteiger partial charge is 0.299 e. The Kier molecular flexibility index (Phi) is 2.67. The van der Waals surface area contributed by atoms with Crippen molar-refractivity contribution in [3.8, 4) is 0 Å². The molecule has 1 saturated heterocycles. The van der Waals surface area contributed by atoms with Gasteiger partial charge in [0.05, 0.1) is 17.5 Å². The van der Waals surface area contributed by atoms with E-state index in [4.69, 9.17) is 0 Å². The lowest BCUT2D eigenvalue weighted by atomic mass is 9.80. The molecule has 0 spiro atoms. The molecule has 1 aromatic rings. The van der Waals surface area contributed by atoms with Gasteiger partial charge < -0.3 is 0 Å². The van der Waals surface area contributed by atoms with Crippen molar-refractivity contribution in [1.29, 1.82) is 0 Å². The van der Waals surface area contributed by atoms with Crippen molar-refractivity contribution in [3.05, 3.63) is 28.2 Å². The first kappa shape index (κ1) is 13.2. The van der Waals surface area contributed by atoms with Crippen molar-refractivity contribution in [2.45, 2.75) is 19.8 Å². The summed E-state index contributed by atoms with van der Waals surface area (Å²) >= 11 is 3.42. The second-order valence-electron chi connectivity index (χ2n) is 6.27. The monoisotopic (exact) mass is 347 g/mol. The number of halogens is 1. The molecule has 1 aromatic carbocycles. The van der Waals surface area contributed by atoms with Gasteiger partial charge >= 0.3 is 0 Å². The van der Waals surface area contributed by atoms with Crippen LogP contribution in [-0.2, 0) is 14.4 Å². The minimum atomic E-state index is -0.410. The minimum absolute atomic E-state index is 0.0745. The zero-order chi connectivity index (χ0) is 14.9. The van der Waals surface area contributed by atoms with E-state index in [1.54, 1.807) is 6.07 Å². The molecule has 4 atom stereocenters. The highest BCUT2D eigenvalue weighted by atomic mass is 79.9. The van der Waals surface area contributed by atoms with Gasteiger partial charge in [0.2, 0.25) is 11.8 Å². The number of fused-ring (bicyclic) bond motifs is 5. The van der Waals surface area contributed by atoms with E-state index in [1.807, 2.05) is 19.1 Å². The molecule has 4 rings (SSSR count). The van der Waals surface area contributed by atoms with Crippen LogP contribution in [0.15, 0.2) is 22.7 Å². The highest BCUT2D eigenvalue weighted by molar-refractivity contribution is 9.10. The van der Waals surface area contributed by atoms with Crippen molar-refractivity contribution >= 4 is 39.2 Å². The van der Waals surface area contributed by atoms with Crippen LogP contribution >= 0.6 is 15.9 Å². The fourth-order valence-corrected chi connectivity index (χ4v) is 4.47. The smallest absolute Gasteiger partial charge is 0.238 e. The van der Waals surface area contributed by atoms with Crippen LogP contribution in [0, 0.1) is 30.6 Å². The lowest BCUT2D eigenvalue weighted by Gasteiger charge is -2.18. The van der Waals surface area contributed by atoms with Gasteiger partial charge in [-0.2, -0.15) is 0 Å². The van der Waals surface area contributed by atoms with Crippen molar-refractivity contribution in [2.75, 3.05) is 4.90 Å². The van der Waals surface area contributed by atoms with Crippen molar-refractivity contribution in [2.24, 2.45) is 23.7 Å². The molecular formula is C16H14BrNO3. The third kappa shape index (κ3) is 1.64. The maximum atomic E-state index is 12.7. The van der Waals surface area contributed by atoms with Gasteiger partial charge in [0, 0.05) is 16.8 Å². The quantitative estimate of drug-likeness (QED) is 0.733. The first-order valence-corrected chi connectivity index (χ1v) is 7.95. The fraction of sp³-hybridized carbons (Fsp3) is 0.438. The third-order valence-electron chi connectivity index (χ3n) is 5.17. The second kappa shape index (κ2) is 4.26. The van der Waals surface area contributed by atoms with Gasteiger partial charge in [-0.05, 0) is 43.0 Å².